The number of methoxy groups -OCH3 is 1. The molecular weight excluding hydrogens is 328 g/mol. The highest BCUT2D eigenvalue weighted by atomic mass is 32.2. The number of carbonyl (C=O) groups excluding carboxylic acids is 1. The van der Waals surface area contributed by atoms with Crippen molar-refractivity contribution in [3.8, 4) is 5.75 Å². The summed E-state index contributed by atoms with van der Waals surface area (Å²) in [6.07, 6.45) is 5.75. The molecule has 7 heteroatoms. The maximum Gasteiger partial charge on any atom is 0.241 e. The zero-order valence-electron chi connectivity index (χ0n) is 14.1. The van der Waals surface area contributed by atoms with Gasteiger partial charge in [0.15, 0.2) is 0 Å². The minimum atomic E-state index is -3.56. The molecular formula is C17H24N2O4S. The van der Waals surface area contributed by atoms with Crippen molar-refractivity contribution in [2.75, 3.05) is 24.2 Å². The van der Waals surface area contributed by atoms with Crippen LogP contribution in [0.15, 0.2) is 24.3 Å². The number of hydrogen-bond acceptors (Lipinski definition) is 4. The van der Waals surface area contributed by atoms with Gasteiger partial charge in [0.1, 0.15) is 12.3 Å². The molecule has 0 spiro atoms. The van der Waals surface area contributed by atoms with E-state index >= 15 is 0 Å². The maximum atomic E-state index is 12.4. The highest BCUT2D eigenvalue weighted by molar-refractivity contribution is 7.92. The molecule has 2 fully saturated rings. The predicted molar refractivity (Wildman–Crippen MR) is 92.6 cm³/mol. The lowest BCUT2D eigenvalue weighted by atomic mass is 9.95. The summed E-state index contributed by atoms with van der Waals surface area (Å²) in [7, 11) is -2.05. The van der Waals surface area contributed by atoms with Crippen LogP contribution in [0.1, 0.15) is 25.7 Å². The third-order valence-electron chi connectivity index (χ3n) is 5.11. The van der Waals surface area contributed by atoms with Crippen LogP contribution in [0.2, 0.25) is 0 Å². The number of anilines is 1. The zero-order chi connectivity index (χ0) is 17.3. The van der Waals surface area contributed by atoms with Crippen LogP contribution >= 0.6 is 0 Å². The lowest BCUT2D eigenvalue weighted by molar-refractivity contribution is -0.120. The second-order valence-electron chi connectivity index (χ2n) is 6.82. The molecule has 2 aliphatic carbocycles. The summed E-state index contributed by atoms with van der Waals surface area (Å²) in [5, 5.41) is 3.03. The molecule has 2 aliphatic rings. The summed E-state index contributed by atoms with van der Waals surface area (Å²) in [4.78, 5) is 12.4. The fraction of sp³-hybridized carbons (Fsp3) is 0.588. The molecule has 0 saturated heterocycles. The van der Waals surface area contributed by atoms with E-state index in [0.717, 1.165) is 22.9 Å². The molecule has 1 amide bonds. The van der Waals surface area contributed by atoms with E-state index in [1.807, 2.05) is 0 Å². The molecule has 0 aromatic heterocycles. The fourth-order valence-electron chi connectivity index (χ4n) is 3.97. The van der Waals surface area contributed by atoms with E-state index in [1.165, 1.54) is 26.4 Å². The molecule has 0 aliphatic heterocycles. The maximum absolute atomic E-state index is 12.4. The minimum absolute atomic E-state index is 0.197. The van der Waals surface area contributed by atoms with E-state index in [2.05, 4.69) is 5.32 Å². The second kappa shape index (κ2) is 6.63. The number of nitrogens with zero attached hydrogens (tertiary/aromatic N) is 1. The van der Waals surface area contributed by atoms with Gasteiger partial charge in [-0.3, -0.25) is 9.10 Å². The average Bonchev–Trinajstić information content (AvgIpc) is 3.14. The summed E-state index contributed by atoms with van der Waals surface area (Å²) in [6, 6.07) is 6.92. The first-order valence-corrected chi connectivity index (χ1v) is 10.1. The lowest BCUT2D eigenvalue weighted by Gasteiger charge is -2.26. The number of amides is 1. The van der Waals surface area contributed by atoms with Gasteiger partial charge in [0.05, 0.1) is 19.1 Å². The van der Waals surface area contributed by atoms with Crippen molar-refractivity contribution >= 4 is 21.6 Å². The highest BCUT2D eigenvalue weighted by Gasteiger charge is 2.40. The third kappa shape index (κ3) is 3.66. The Morgan fingerprint density at radius 2 is 2.12 bits per heavy atom. The van der Waals surface area contributed by atoms with Crippen molar-refractivity contribution in [3.05, 3.63) is 24.3 Å². The number of hydrogen-bond donors (Lipinski definition) is 1. The number of fused-ring (bicyclic) bond motifs is 2. The van der Waals surface area contributed by atoms with Crippen molar-refractivity contribution < 1.29 is 17.9 Å². The quantitative estimate of drug-likeness (QED) is 0.846. The Kier molecular flexibility index (Phi) is 4.71. The van der Waals surface area contributed by atoms with Gasteiger partial charge in [-0.25, -0.2) is 8.42 Å². The summed E-state index contributed by atoms with van der Waals surface area (Å²) in [6.45, 7) is -0.208. The van der Waals surface area contributed by atoms with Crippen molar-refractivity contribution in [2.45, 2.75) is 31.7 Å². The van der Waals surface area contributed by atoms with Crippen LogP contribution in [0.3, 0.4) is 0 Å². The fourth-order valence-corrected chi connectivity index (χ4v) is 4.82. The molecule has 2 saturated carbocycles. The zero-order valence-corrected chi connectivity index (χ0v) is 14.9. The number of benzene rings is 1. The normalized spacial score (nSPS) is 25.5. The van der Waals surface area contributed by atoms with Gasteiger partial charge < -0.3 is 10.1 Å². The molecule has 1 aromatic carbocycles. The van der Waals surface area contributed by atoms with Crippen LogP contribution < -0.4 is 14.4 Å². The SMILES string of the molecule is COc1cccc(N(CC(=O)N[C@@H]2C[C@H]3CC[C@H]2C3)S(C)(=O)=O)c1. The van der Waals surface area contributed by atoms with Gasteiger partial charge >= 0.3 is 0 Å². The Morgan fingerprint density at radius 1 is 1.33 bits per heavy atom. The predicted octanol–water partition coefficient (Wildman–Crippen LogP) is 1.77. The van der Waals surface area contributed by atoms with Crippen LogP contribution in [-0.4, -0.2) is 40.3 Å². The number of carbonyl (C=O) groups is 1. The Morgan fingerprint density at radius 3 is 2.71 bits per heavy atom. The molecule has 0 radical (unpaired) electrons. The number of rotatable bonds is 6. The van der Waals surface area contributed by atoms with Gasteiger partial charge in [-0.1, -0.05) is 12.5 Å². The minimum Gasteiger partial charge on any atom is -0.497 e. The van der Waals surface area contributed by atoms with Gasteiger partial charge in [-0.05, 0) is 43.2 Å². The van der Waals surface area contributed by atoms with E-state index in [4.69, 9.17) is 4.74 Å². The number of nitrogens with one attached hydrogen (secondary N) is 1. The third-order valence-corrected chi connectivity index (χ3v) is 6.25. The molecule has 3 rings (SSSR count). The van der Waals surface area contributed by atoms with E-state index < -0.39 is 10.0 Å². The Labute approximate surface area is 143 Å². The number of sulfonamides is 1. The Hall–Kier alpha value is -1.76. The average molecular weight is 352 g/mol. The summed E-state index contributed by atoms with van der Waals surface area (Å²) in [5.41, 5.74) is 0.431. The van der Waals surface area contributed by atoms with Gasteiger partial charge in [0.25, 0.3) is 0 Å². The van der Waals surface area contributed by atoms with Crippen LogP contribution in [0.25, 0.3) is 0 Å². The molecule has 132 valence electrons. The topological polar surface area (TPSA) is 75.7 Å². The smallest absolute Gasteiger partial charge is 0.241 e. The Balaban J connectivity index is 1.71. The van der Waals surface area contributed by atoms with Crippen molar-refractivity contribution in [3.63, 3.8) is 0 Å². The molecule has 6 nitrogen and oxygen atoms in total. The molecule has 24 heavy (non-hydrogen) atoms. The molecule has 1 aromatic rings. The van der Waals surface area contributed by atoms with Crippen LogP contribution in [0.4, 0.5) is 5.69 Å². The standard InChI is InChI=1S/C17H24N2O4S/c1-23-15-5-3-4-14(10-15)19(24(2,21)22)11-17(20)18-16-9-12-6-7-13(16)8-12/h3-5,10,12-13,16H,6-9,11H2,1-2H3,(H,18,20)/t12-,13-,16+/m0/s1. The van der Waals surface area contributed by atoms with Crippen molar-refractivity contribution in [2.24, 2.45) is 11.8 Å². The van der Waals surface area contributed by atoms with Crippen molar-refractivity contribution in [1.29, 1.82) is 0 Å². The lowest BCUT2D eigenvalue weighted by Crippen LogP contribution is -2.45. The van der Waals surface area contributed by atoms with Crippen molar-refractivity contribution in [1.82, 2.24) is 5.32 Å². The molecule has 2 bridgehead atoms. The summed E-state index contributed by atoms with van der Waals surface area (Å²) >= 11 is 0. The summed E-state index contributed by atoms with van der Waals surface area (Å²) < 4.78 is 30.5. The first-order chi connectivity index (χ1) is 11.4. The Bertz CT molecular complexity index is 719. The number of ether oxygens (including phenoxy) is 1. The molecule has 1 N–H and O–H groups in total. The van der Waals surface area contributed by atoms with E-state index in [-0.39, 0.29) is 18.5 Å². The van der Waals surface area contributed by atoms with E-state index in [0.29, 0.717) is 17.4 Å². The highest BCUT2D eigenvalue weighted by Crippen LogP contribution is 2.44. The molecule has 0 unspecified atom stereocenters. The van der Waals surface area contributed by atoms with Crippen LogP contribution in [-0.2, 0) is 14.8 Å². The van der Waals surface area contributed by atoms with E-state index in [1.54, 1.807) is 24.3 Å². The van der Waals surface area contributed by atoms with Crippen LogP contribution in [0.5, 0.6) is 5.75 Å². The summed E-state index contributed by atoms with van der Waals surface area (Å²) in [5.74, 6) is 1.59. The first kappa shape index (κ1) is 17.1. The van der Waals surface area contributed by atoms with Gasteiger partial charge in [-0.15, -0.1) is 0 Å². The van der Waals surface area contributed by atoms with Gasteiger partial charge in [-0.2, -0.15) is 0 Å². The molecule has 3 atom stereocenters. The first-order valence-electron chi connectivity index (χ1n) is 8.28. The van der Waals surface area contributed by atoms with E-state index in [9.17, 15) is 13.2 Å². The largest absolute Gasteiger partial charge is 0.497 e. The second-order valence-corrected chi connectivity index (χ2v) is 8.73. The van der Waals surface area contributed by atoms with Crippen LogP contribution in [0, 0.1) is 11.8 Å². The molecule has 0 heterocycles. The van der Waals surface area contributed by atoms with Gasteiger partial charge in [0.2, 0.25) is 15.9 Å². The monoisotopic (exact) mass is 352 g/mol. The van der Waals surface area contributed by atoms with Gasteiger partial charge in [0, 0.05) is 12.1 Å².